The number of anilines is 1. The molecule has 1 aliphatic heterocycles. The summed E-state index contributed by atoms with van der Waals surface area (Å²) in [7, 11) is 1.80. The fourth-order valence-electron chi connectivity index (χ4n) is 1.66. The maximum absolute atomic E-state index is 11.6. The van der Waals surface area contributed by atoms with E-state index in [1.807, 2.05) is 12.1 Å². The van der Waals surface area contributed by atoms with Gasteiger partial charge in [-0.15, -0.1) is 0 Å². The van der Waals surface area contributed by atoms with Crippen LogP contribution >= 0.6 is 0 Å². The van der Waals surface area contributed by atoms with Crippen molar-refractivity contribution in [1.29, 1.82) is 0 Å². The average molecular weight is 244 g/mol. The van der Waals surface area contributed by atoms with Gasteiger partial charge in [0.05, 0.1) is 12.0 Å². The van der Waals surface area contributed by atoms with Crippen LogP contribution in [0.3, 0.4) is 0 Å². The fraction of sp³-hybridized carbons (Fsp3) is 0.154. The Hall–Kier alpha value is -2.43. The molecule has 2 amide bonds. The second-order valence-electron chi connectivity index (χ2n) is 3.91. The maximum atomic E-state index is 11.6. The molecule has 0 aliphatic carbocycles. The molecule has 0 bridgehead atoms. The summed E-state index contributed by atoms with van der Waals surface area (Å²) in [4.78, 5) is 34.1. The van der Waals surface area contributed by atoms with E-state index in [0.717, 1.165) is 11.3 Å². The zero-order chi connectivity index (χ0) is 13.1. The summed E-state index contributed by atoms with van der Waals surface area (Å²) in [6.07, 6.45) is 1.22. The number of piperidine rings is 1. The molecule has 1 fully saturated rings. The van der Waals surface area contributed by atoms with Crippen molar-refractivity contribution in [3.8, 4) is 0 Å². The standard InChI is InChI=1S/C13H12N2O3/c1-14-9-4-2-8(3-5-9)6-10-11(16)7-12(17)15-13(10)18/h2-6,14H,7H2,1H3,(H,15,17,18)/b10-6+. The number of ketones is 1. The molecule has 0 saturated carbocycles. The number of amides is 2. The van der Waals surface area contributed by atoms with Crippen LogP contribution < -0.4 is 10.6 Å². The number of Topliss-reactive ketones (excluding diaryl/α,β-unsaturated/α-hetero) is 1. The molecule has 0 unspecified atom stereocenters. The number of carbonyl (C=O) groups is 3. The number of nitrogens with one attached hydrogen (secondary N) is 2. The quantitative estimate of drug-likeness (QED) is 0.348. The van der Waals surface area contributed by atoms with E-state index in [0.29, 0.717) is 0 Å². The van der Waals surface area contributed by atoms with Gasteiger partial charge in [0.2, 0.25) is 5.91 Å². The predicted molar refractivity (Wildman–Crippen MR) is 66.7 cm³/mol. The van der Waals surface area contributed by atoms with Gasteiger partial charge >= 0.3 is 0 Å². The summed E-state index contributed by atoms with van der Waals surface area (Å²) in [5.74, 6) is -1.62. The molecule has 0 spiro atoms. The minimum atomic E-state index is -0.631. The lowest BCUT2D eigenvalue weighted by Crippen LogP contribution is -2.40. The summed E-state index contributed by atoms with van der Waals surface area (Å²) in [5, 5.41) is 5.09. The van der Waals surface area contributed by atoms with Crippen LogP contribution in [0, 0.1) is 0 Å². The SMILES string of the molecule is CNc1ccc(/C=C2\C(=O)CC(=O)NC2=O)cc1. The van der Waals surface area contributed by atoms with E-state index in [4.69, 9.17) is 0 Å². The van der Waals surface area contributed by atoms with Gasteiger partial charge in [0.25, 0.3) is 5.91 Å². The summed E-state index contributed by atoms with van der Waals surface area (Å²) in [5.41, 5.74) is 1.69. The largest absolute Gasteiger partial charge is 0.388 e. The lowest BCUT2D eigenvalue weighted by atomic mass is 10.0. The summed E-state index contributed by atoms with van der Waals surface area (Å²) in [6.45, 7) is 0. The van der Waals surface area contributed by atoms with E-state index < -0.39 is 17.6 Å². The molecule has 1 aromatic carbocycles. The van der Waals surface area contributed by atoms with Crippen LogP contribution in [0.5, 0.6) is 0 Å². The van der Waals surface area contributed by atoms with Gasteiger partial charge in [0.1, 0.15) is 0 Å². The Morgan fingerprint density at radius 3 is 2.39 bits per heavy atom. The third-order valence-corrected chi connectivity index (χ3v) is 2.63. The monoisotopic (exact) mass is 244 g/mol. The maximum Gasteiger partial charge on any atom is 0.261 e. The lowest BCUT2D eigenvalue weighted by molar-refractivity contribution is -0.134. The van der Waals surface area contributed by atoms with Crippen LogP contribution in [0.4, 0.5) is 5.69 Å². The molecule has 1 aromatic rings. The van der Waals surface area contributed by atoms with Gasteiger partial charge in [-0.2, -0.15) is 0 Å². The molecule has 0 atom stereocenters. The highest BCUT2D eigenvalue weighted by Crippen LogP contribution is 2.15. The average Bonchev–Trinajstić information content (AvgIpc) is 2.34. The lowest BCUT2D eigenvalue weighted by Gasteiger charge is -2.12. The number of rotatable bonds is 2. The zero-order valence-corrected chi connectivity index (χ0v) is 9.82. The van der Waals surface area contributed by atoms with Crippen LogP contribution in [0.1, 0.15) is 12.0 Å². The molecule has 18 heavy (non-hydrogen) atoms. The summed E-state index contributed by atoms with van der Waals surface area (Å²) in [6, 6.07) is 7.25. The molecule has 5 heteroatoms. The highest BCUT2D eigenvalue weighted by Gasteiger charge is 2.27. The van der Waals surface area contributed by atoms with Crippen molar-refractivity contribution in [2.75, 3.05) is 12.4 Å². The number of carbonyl (C=O) groups excluding carboxylic acids is 3. The number of hydrogen-bond donors (Lipinski definition) is 2. The van der Waals surface area contributed by atoms with Crippen LogP contribution in [0.2, 0.25) is 0 Å². The van der Waals surface area contributed by atoms with E-state index in [2.05, 4.69) is 10.6 Å². The Kier molecular flexibility index (Phi) is 3.23. The third-order valence-electron chi connectivity index (χ3n) is 2.63. The number of hydrogen-bond acceptors (Lipinski definition) is 4. The Bertz CT molecular complexity index is 522. The first-order valence-corrected chi connectivity index (χ1v) is 5.47. The molecular weight excluding hydrogens is 232 g/mol. The Morgan fingerprint density at radius 1 is 1.17 bits per heavy atom. The summed E-state index contributed by atoms with van der Waals surface area (Å²) < 4.78 is 0. The van der Waals surface area contributed by atoms with Gasteiger partial charge in [-0.3, -0.25) is 19.7 Å². The van der Waals surface area contributed by atoms with Gasteiger partial charge in [0, 0.05) is 12.7 Å². The first-order valence-electron chi connectivity index (χ1n) is 5.47. The molecule has 2 N–H and O–H groups in total. The van der Waals surface area contributed by atoms with Gasteiger partial charge in [-0.25, -0.2) is 0 Å². The molecular formula is C13H12N2O3. The van der Waals surface area contributed by atoms with Crippen molar-refractivity contribution in [3.05, 3.63) is 35.4 Å². The topological polar surface area (TPSA) is 75.3 Å². The minimum Gasteiger partial charge on any atom is -0.388 e. The number of benzene rings is 1. The van der Waals surface area contributed by atoms with Crippen LogP contribution in [-0.2, 0) is 14.4 Å². The van der Waals surface area contributed by atoms with Gasteiger partial charge in [-0.05, 0) is 23.8 Å². The van der Waals surface area contributed by atoms with Crippen molar-refractivity contribution in [2.24, 2.45) is 0 Å². The molecule has 1 heterocycles. The second kappa shape index (κ2) is 4.83. The normalized spacial score (nSPS) is 17.8. The molecule has 5 nitrogen and oxygen atoms in total. The Balaban J connectivity index is 2.28. The number of imide groups is 1. The van der Waals surface area contributed by atoms with E-state index in [9.17, 15) is 14.4 Å². The third kappa shape index (κ3) is 2.45. The van der Waals surface area contributed by atoms with E-state index in [1.54, 1.807) is 19.2 Å². The highest BCUT2D eigenvalue weighted by atomic mass is 16.2. The Morgan fingerprint density at radius 2 is 1.83 bits per heavy atom. The van der Waals surface area contributed by atoms with Crippen LogP contribution in [0.25, 0.3) is 6.08 Å². The van der Waals surface area contributed by atoms with Gasteiger partial charge in [-0.1, -0.05) is 12.1 Å². The smallest absolute Gasteiger partial charge is 0.261 e. The first kappa shape index (κ1) is 12.0. The molecule has 2 rings (SSSR count). The van der Waals surface area contributed by atoms with Gasteiger partial charge < -0.3 is 5.32 Å². The van der Waals surface area contributed by atoms with Gasteiger partial charge in [0.15, 0.2) is 5.78 Å². The van der Waals surface area contributed by atoms with Crippen LogP contribution in [-0.4, -0.2) is 24.6 Å². The van der Waals surface area contributed by atoms with Crippen molar-refractivity contribution < 1.29 is 14.4 Å². The molecule has 0 aromatic heterocycles. The second-order valence-corrected chi connectivity index (χ2v) is 3.91. The predicted octanol–water partition coefficient (Wildman–Crippen LogP) is 0.727. The van der Waals surface area contributed by atoms with Crippen molar-refractivity contribution in [2.45, 2.75) is 6.42 Å². The molecule has 0 radical (unpaired) electrons. The fourth-order valence-corrected chi connectivity index (χ4v) is 1.66. The van der Waals surface area contributed by atoms with Crippen molar-refractivity contribution in [3.63, 3.8) is 0 Å². The van der Waals surface area contributed by atoms with Crippen molar-refractivity contribution >= 4 is 29.4 Å². The molecule has 1 aliphatic rings. The van der Waals surface area contributed by atoms with E-state index >= 15 is 0 Å². The van der Waals surface area contributed by atoms with Crippen LogP contribution in [0.15, 0.2) is 29.8 Å². The van der Waals surface area contributed by atoms with E-state index in [1.165, 1.54) is 6.08 Å². The van der Waals surface area contributed by atoms with E-state index in [-0.39, 0.29) is 12.0 Å². The molecule has 92 valence electrons. The molecule has 1 saturated heterocycles. The van der Waals surface area contributed by atoms with Crippen molar-refractivity contribution in [1.82, 2.24) is 5.32 Å². The highest BCUT2D eigenvalue weighted by molar-refractivity contribution is 6.32. The first-order chi connectivity index (χ1) is 8.60. The zero-order valence-electron chi connectivity index (χ0n) is 9.82. The Labute approximate surface area is 104 Å². The summed E-state index contributed by atoms with van der Waals surface area (Å²) >= 11 is 0. The minimum absolute atomic E-state index is 0.0202.